The van der Waals surface area contributed by atoms with Crippen molar-refractivity contribution in [2.24, 2.45) is 5.92 Å². The van der Waals surface area contributed by atoms with Gasteiger partial charge in [-0.05, 0) is 43.0 Å². The van der Waals surface area contributed by atoms with Crippen LogP contribution >= 0.6 is 0 Å². The van der Waals surface area contributed by atoms with Crippen molar-refractivity contribution in [1.29, 1.82) is 5.26 Å². The average Bonchev–Trinajstić information content (AvgIpc) is 2.77. The average molecular weight is 379 g/mol. The van der Waals surface area contributed by atoms with Crippen LogP contribution in [0.2, 0.25) is 0 Å². The monoisotopic (exact) mass is 379 g/mol. The molecule has 0 radical (unpaired) electrons. The quantitative estimate of drug-likeness (QED) is 0.811. The lowest BCUT2D eigenvalue weighted by atomic mass is 9.97. The lowest BCUT2D eigenvalue weighted by Crippen LogP contribution is -2.49. The predicted octanol–water partition coefficient (Wildman–Crippen LogP) is 2.41. The van der Waals surface area contributed by atoms with Crippen LogP contribution in [0.25, 0.3) is 0 Å². The maximum absolute atomic E-state index is 12.8. The van der Waals surface area contributed by atoms with E-state index in [0.717, 1.165) is 12.8 Å². The molecule has 1 fully saturated rings. The van der Waals surface area contributed by atoms with Gasteiger partial charge in [0, 0.05) is 19.3 Å². The van der Waals surface area contributed by atoms with E-state index >= 15 is 0 Å². The molecular weight excluding hydrogens is 358 g/mol. The molecule has 0 spiro atoms. The molecule has 7 heteroatoms. The highest BCUT2D eigenvalue weighted by atomic mass is 16.6. The maximum Gasteiger partial charge on any atom is 0.267 e. The second-order valence-corrected chi connectivity index (χ2v) is 6.91. The second kappa shape index (κ2) is 8.17. The van der Waals surface area contributed by atoms with Crippen molar-refractivity contribution in [3.8, 4) is 23.4 Å². The first-order valence-electron chi connectivity index (χ1n) is 9.40. The number of piperidine rings is 1. The number of rotatable bonds is 4. The Kier molecular flexibility index (Phi) is 5.29. The number of hydrogen-bond donors (Lipinski definition) is 0. The number of aromatic nitrogens is 1. The molecular formula is C21H21N3O4. The van der Waals surface area contributed by atoms with E-state index in [1.165, 1.54) is 0 Å². The van der Waals surface area contributed by atoms with Gasteiger partial charge in [0.2, 0.25) is 12.0 Å². The topological polar surface area (TPSA) is 84.7 Å². The molecule has 0 bridgehead atoms. The predicted molar refractivity (Wildman–Crippen MR) is 100 cm³/mol. The zero-order valence-electron chi connectivity index (χ0n) is 15.4. The summed E-state index contributed by atoms with van der Waals surface area (Å²) in [6, 6.07) is 12.9. The highest BCUT2D eigenvalue weighted by molar-refractivity contribution is 5.82. The zero-order chi connectivity index (χ0) is 19.3. The molecule has 2 aromatic rings. The van der Waals surface area contributed by atoms with Crippen LogP contribution in [0.4, 0.5) is 0 Å². The molecule has 1 unspecified atom stereocenters. The Morgan fingerprint density at radius 1 is 1.21 bits per heavy atom. The highest BCUT2D eigenvalue weighted by Crippen LogP contribution is 2.31. The minimum atomic E-state index is -0.602. The lowest BCUT2D eigenvalue weighted by Gasteiger charge is -2.35. The molecule has 0 aliphatic carbocycles. The van der Waals surface area contributed by atoms with Crippen molar-refractivity contribution in [3.63, 3.8) is 0 Å². The van der Waals surface area contributed by atoms with E-state index in [9.17, 15) is 4.79 Å². The second-order valence-electron chi connectivity index (χ2n) is 6.91. The molecule has 3 heterocycles. The first-order valence-corrected chi connectivity index (χ1v) is 9.40. The van der Waals surface area contributed by atoms with Crippen LogP contribution in [0.3, 0.4) is 0 Å². The van der Waals surface area contributed by atoms with Gasteiger partial charge < -0.3 is 19.1 Å². The van der Waals surface area contributed by atoms with Crippen LogP contribution < -0.4 is 14.2 Å². The van der Waals surface area contributed by atoms with Crippen LogP contribution in [-0.2, 0) is 4.79 Å². The molecule has 1 saturated heterocycles. The first kappa shape index (κ1) is 18.1. The van der Waals surface area contributed by atoms with E-state index in [1.54, 1.807) is 18.3 Å². The zero-order valence-corrected chi connectivity index (χ0v) is 15.4. The van der Waals surface area contributed by atoms with E-state index in [1.807, 2.05) is 29.2 Å². The van der Waals surface area contributed by atoms with E-state index in [0.29, 0.717) is 48.6 Å². The third-order valence-electron chi connectivity index (χ3n) is 5.06. The Balaban J connectivity index is 1.27. The van der Waals surface area contributed by atoms with E-state index in [4.69, 9.17) is 19.5 Å². The van der Waals surface area contributed by atoms with E-state index in [-0.39, 0.29) is 12.5 Å². The van der Waals surface area contributed by atoms with Gasteiger partial charge in [0.05, 0.1) is 6.61 Å². The Morgan fingerprint density at radius 3 is 2.79 bits per heavy atom. The summed E-state index contributed by atoms with van der Waals surface area (Å²) in [5, 5.41) is 9.10. The third kappa shape index (κ3) is 3.86. The van der Waals surface area contributed by atoms with Crippen molar-refractivity contribution in [2.75, 3.05) is 26.3 Å². The molecule has 0 saturated carbocycles. The Labute approximate surface area is 163 Å². The minimum Gasteiger partial charge on any atom is -0.485 e. The number of fused-ring (bicyclic) bond motifs is 1. The smallest absolute Gasteiger partial charge is 0.267 e. The van der Waals surface area contributed by atoms with Crippen molar-refractivity contribution in [2.45, 2.75) is 18.9 Å². The Hall–Kier alpha value is -3.27. The van der Waals surface area contributed by atoms with Gasteiger partial charge in [0.1, 0.15) is 18.2 Å². The largest absolute Gasteiger partial charge is 0.485 e. The van der Waals surface area contributed by atoms with Crippen molar-refractivity contribution < 1.29 is 19.0 Å². The van der Waals surface area contributed by atoms with E-state index < -0.39 is 6.10 Å². The van der Waals surface area contributed by atoms with Crippen LogP contribution in [0.1, 0.15) is 18.4 Å². The number of ether oxygens (including phenoxy) is 3. The molecule has 1 atom stereocenters. The van der Waals surface area contributed by atoms with Crippen LogP contribution in [0.15, 0.2) is 42.6 Å². The minimum absolute atomic E-state index is 0.0367. The summed E-state index contributed by atoms with van der Waals surface area (Å²) >= 11 is 0. The molecule has 4 rings (SSSR count). The number of carbonyl (C=O) groups is 1. The number of benzene rings is 1. The van der Waals surface area contributed by atoms with Crippen molar-refractivity contribution in [3.05, 3.63) is 48.2 Å². The molecule has 1 aromatic carbocycles. The molecule has 2 aliphatic rings. The standard InChI is InChI=1S/C21H21N3O4/c22-12-16-4-3-9-23-20(16)27-13-15-7-10-24(11-8-15)21(25)19-14-26-17-5-1-2-6-18(17)28-19/h1-6,9,15,19H,7-8,10-11,13-14H2. The van der Waals surface area contributed by atoms with Crippen molar-refractivity contribution >= 4 is 5.91 Å². The molecule has 7 nitrogen and oxygen atoms in total. The number of carbonyl (C=O) groups excluding carboxylic acids is 1. The van der Waals surface area contributed by atoms with Gasteiger partial charge in [-0.1, -0.05) is 12.1 Å². The summed E-state index contributed by atoms with van der Waals surface area (Å²) in [5.74, 6) is 1.94. The fraction of sp³-hybridized carbons (Fsp3) is 0.381. The van der Waals surface area contributed by atoms with Gasteiger partial charge >= 0.3 is 0 Å². The normalized spacial score (nSPS) is 19.0. The van der Waals surface area contributed by atoms with Crippen LogP contribution in [-0.4, -0.2) is 48.2 Å². The summed E-state index contributed by atoms with van der Waals surface area (Å²) in [5.41, 5.74) is 0.435. The number of para-hydroxylation sites is 2. The maximum atomic E-state index is 12.8. The van der Waals surface area contributed by atoms with Gasteiger partial charge in [-0.25, -0.2) is 4.98 Å². The van der Waals surface area contributed by atoms with Gasteiger partial charge in [-0.3, -0.25) is 4.79 Å². The number of nitrogens with zero attached hydrogens (tertiary/aromatic N) is 3. The summed E-state index contributed by atoms with van der Waals surface area (Å²) in [7, 11) is 0. The number of pyridine rings is 1. The summed E-state index contributed by atoms with van der Waals surface area (Å²) in [6.45, 7) is 2.03. The highest BCUT2D eigenvalue weighted by Gasteiger charge is 2.33. The van der Waals surface area contributed by atoms with Gasteiger partial charge in [-0.2, -0.15) is 5.26 Å². The first-order chi connectivity index (χ1) is 13.7. The van der Waals surface area contributed by atoms with Gasteiger partial charge in [-0.15, -0.1) is 0 Å². The molecule has 1 amide bonds. The summed E-state index contributed by atoms with van der Waals surface area (Å²) in [4.78, 5) is 18.7. The number of amides is 1. The Morgan fingerprint density at radius 2 is 2.00 bits per heavy atom. The third-order valence-corrected chi connectivity index (χ3v) is 5.06. The fourth-order valence-electron chi connectivity index (χ4n) is 3.45. The number of likely N-dealkylation sites (tertiary alicyclic amines) is 1. The lowest BCUT2D eigenvalue weighted by molar-refractivity contribution is -0.142. The van der Waals surface area contributed by atoms with Gasteiger partial charge in [0.25, 0.3) is 5.91 Å². The number of nitriles is 1. The molecule has 0 N–H and O–H groups in total. The van der Waals surface area contributed by atoms with Gasteiger partial charge in [0.15, 0.2) is 11.5 Å². The molecule has 28 heavy (non-hydrogen) atoms. The number of hydrogen-bond acceptors (Lipinski definition) is 6. The van der Waals surface area contributed by atoms with Crippen LogP contribution in [0, 0.1) is 17.2 Å². The van der Waals surface area contributed by atoms with E-state index in [2.05, 4.69) is 11.1 Å². The molecule has 1 aromatic heterocycles. The SMILES string of the molecule is N#Cc1cccnc1OCC1CCN(C(=O)C2COc3ccccc3O2)CC1. The fourth-order valence-corrected chi connectivity index (χ4v) is 3.45. The summed E-state index contributed by atoms with van der Waals surface area (Å²) in [6.07, 6.45) is 2.69. The summed E-state index contributed by atoms with van der Waals surface area (Å²) < 4.78 is 17.2. The molecule has 144 valence electrons. The van der Waals surface area contributed by atoms with Crippen LogP contribution in [0.5, 0.6) is 17.4 Å². The molecule has 2 aliphatic heterocycles. The Bertz CT molecular complexity index is 887. The van der Waals surface area contributed by atoms with Crippen molar-refractivity contribution in [1.82, 2.24) is 9.88 Å².